The number of benzene rings is 2. The van der Waals surface area contributed by atoms with Gasteiger partial charge in [-0.25, -0.2) is 0 Å². The number of hydrogen-bond donors (Lipinski definition) is 1. The molecule has 26 heavy (non-hydrogen) atoms. The van der Waals surface area contributed by atoms with Gasteiger partial charge >= 0.3 is 0 Å². The average molecular weight is 356 g/mol. The number of phenolic OH excluding ortho intramolecular Hbond substituents is 1. The van der Waals surface area contributed by atoms with Gasteiger partial charge in [0.15, 0.2) is 23.0 Å². The first-order valence-electron chi connectivity index (χ1n) is 8.97. The van der Waals surface area contributed by atoms with Crippen LogP contribution in [0.25, 0.3) is 17.2 Å². The molecule has 0 radical (unpaired) electrons. The molecule has 2 aromatic carbocycles. The predicted molar refractivity (Wildman–Crippen MR) is 107 cm³/mol. The third kappa shape index (κ3) is 4.13. The molecule has 0 amide bonds. The Kier molecular flexibility index (Phi) is 6.96. The van der Waals surface area contributed by atoms with Gasteiger partial charge in [0.05, 0.1) is 20.8 Å². The Morgan fingerprint density at radius 3 is 2.27 bits per heavy atom. The minimum Gasteiger partial charge on any atom is -0.504 e. The van der Waals surface area contributed by atoms with Gasteiger partial charge in [0.2, 0.25) is 0 Å². The quantitative estimate of drug-likeness (QED) is 0.682. The Bertz CT molecular complexity index is 778. The second kappa shape index (κ2) is 9.18. The fraction of sp³-hybridized carbons (Fsp3) is 0.364. The molecule has 2 rings (SSSR count). The topological polar surface area (TPSA) is 47.9 Å². The molecule has 0 saturated carbocycles. The van der Waals surface area contributed by atoms with Gasteiger partial charge in [-0.1, -0.05) is 25.5 Å². The second-order valence-electron chi connectivity index (χ2n) is 5.98. The van der Waals surface area contributed by atoms with E-state index >= 15 is 0 Å². The van der Waals surface area contributed by atoms with E-state index in [0.29, 0.717) is 29.4 Å². The van der Waals surface area contributed by atoms with Crippen molar-refractivity contribution in [1.82, 2.24) is 0 Å². The maximum atomic E-state index is 10.8. The summed E-state index contributed by atoms with van der Waals surface area (Å²) in [6.45, 7) is 6.52. The molecule has 0 aromatic heterocycles. The molecule has 0 fully saturated rings. The van der Waals surface area contributed by atoms with Gasteiger partial charge in [0.25, 0.3) is 0 Å². The lowest BCUT2D eigenvalue weighted by Gasteiger charge is -2.18. The smallest absolute Gasteiger partial charge is 0.169 e. The van der Waals surface area contributed by atoms with Gasteiger partial charge in [-0.2, -0.15) is 0 Å². The Morgan fingerprint density at radius 2 is 1.69 bits per heavy atom. The first-order valence-corrected chi connectivity index (χ1v) is 8.97. The number of allylic oxidation sites excluding steroid dienone is 1. The average Bonchev–Trinajstić information content (AvgIpc) is 2.64. The van der Waals surface area contributed by atoms with Crippen molar-refractivity contribution in [2.75, 3.05) is 20.8 Å². The van der Waals surface area contributed by atoms with E-state index in [9.17, 15) is 5.11 Å². The van der Waals surface area contributed by atoms with Crippen LogP contribution in [0.2, 0.25) is 0 Å². The molecule has 4 heteroatoms. The van der Waals surface area contributed by atoms with E-state index in [2.05, 4.69) is 6.92 Å². The van der Waals surface area contributed by atoms with Crippen LogP contribution in [0.15, 0.2) is 30.3 Å². The third-order valence-corrected chi connectivity index (χ3v) is 4.13. The molecule has 2 aromatic rings. The summed E-state index contributed by atoms with van der Waals surface area (Å²) < 4.78 is 16.8. The number of hydrogen-bond acceptors (Lipinski definition) is 4. The molecule has 0 aliphatic heterocycles. The normalized spacial score (nSPS) is 11.0. The van der Waals surface area contributed by atoms with Crippen LogP contribution in [-0.2, 0) is 6.42 Å². The molecule has 0 saturated heterocycles. The van der Waals surface area contributed by atoms with Crippen molar-refractivity contribution in [3.63, 3.8) is 0 Å². The number of ether oxygens (including phenoxy) is 3. The number of aromatic hydroxyl groups is 1. The number of methoxy groups -OCH3 is 2. The standard InChI is InChI=1S/C22H28O4/c1-6-9-15-11-17(21(23)19(13-15)24-4)18-12-16(10-7-2)14-20(25-5)22(18)26-8-3/h7,10-14,23H,6,8-9H2,1-5H3/b10-7+. The van der Waals surface area contributed by atoms with Crippen LogP contribution in [0.1, 0.15) is 38.3 Å². The number of phenols is 1. The van der Waals surface area contributed by atoms with Crippen molar-refractivity contribution in [1.29, 1.82) is 0 Å². The van der Waals surface area contributed by atoms with Gasteiger partial charge in [-0.3, -0.25) is 0 Å². The van der Waals surface area contributed by atoms with Crippen LogP contribution in [-0.4, -0.2) is 25.9 Å². The highest BCUT2D eigenvalue weighted by Gasteiger charge is 2.20. The molecule has 0 aliphatic rings. The van der Waals surface area contributed by atoms with Gasteiger partial charge in [-0.05, 0) is 55.7 Å². The molecule has 4 nitrogen and oxygen atoms in total. The first kappa shape index (κ1) is 19.7. The monoisotopic (exact) mass is 356 g/mol. The zero-order chi connectivity index (χ0) is 19.1. The molecule has 0 aliphatic carbocycles. The summed E-state index contributed by atoms with van der Waals surface area (Å²) in [5.41, 5.74) is 3.55. The Labute approximate surface area is 156 Å². The SMILES string of the molecule is C/C=C/c1cc(OC)c(OCC)c(-c2cc(CCC)cc(OC)c2O)c1. The summed E-state index contributed by atoms with van der Waals surface area (Å²) in [7, 11) is 3.18. The van der Waals surface area contributed by atoms with Crippen LogP contribution in [0.3, 0.4) is 0 Å². The van der Waals surface area contributed by atoms with Crippen molar-refractivity contribution < 1.29 is 19.3 Å². The van der Waals surface area contributed by atoms with E-state index in [1.807, 2.05) is 50.3 Å². The maximum absolute atomic E-state index is 10.8. The zero-order valence-electron chi connectivity index (χ0n) is 16.3. The molecular formula is C22H28O4. The Morgan fingerprint density at radius 1 is 0.962 bits per heavy atom. The molecule has 0 atom stereocenters. The van der Waals surface area contributed by atoms with Gasteiger partial charge < -0.3 is 19.3 Å². The summed E-state index contributed by atoms with van der Waals surface area (Å²) in [4.78, 5) is 0. The van der Waals surface area contributed by atoms with Crippen LogP contribution in [0, 0.1) is 0 Å². The number of aryl methyl sites for hydroxylation is 1. The van der Waals surface area contributed by atoms with Gasteiger partial charge in [-0.15, -0.1) is 0 Å². The third-order valence-electron chi connectivity index (χ3n) is 4.13. The minimum absolute atomic E-state index is 0.105. The fourth-order valence-electron chi connectivity index (χ4n) is 3.02. The van der Waals surface area contributed by atoms with Crippen molar-refractivity contribution in [2.24, 2.45) is 0 Å². The highest BCUT2D eigenvalue weighted by molar-refractivity contribution is 5.83. The van der Waals surface area contributed by atoms with Crippen molar-refractivity contribution in [2.45, 2.75) is 33.6 Å². The molecular weight excluding hydrogens is 328 g/mol. The summed E-state index contributed by atoms with van der Waals surface area (Å²) in [6.07, 6.45) is 5.87. The summed E-state index contributed by atoms with van der Waals surface area (Å²) in [5, 5.41) is 10.8. The van der Waals surface area contributed by atoms with Crippen LogP contribution in [0.4, 0.5) is 0 Å². The highest BCUT2D eigenvalue weighted by Crippen LogP contribution is 2.46. The number of rotatable bonds is 8. The summed E-state index contributed by atoms with van der Waals surface area (Å²) >= 11 is 0. The lowest BCUT2D eigenvalue weighted by atomic mass is 9.96. The predicted octanol–water partition coefficient (Wildman–Crippen LogP) is 5.46. The molecule has 0 bridgehead atoms. The highest BCUT2D eigenvalue weighted by atomic mass is 16.5. The molecule has 140 valence electrons. The molecule has 0 spiro atoms. The van der Waals surface area contributed by atoms with Gasteiger partial charge in [0.1, 0.15) is 0 Å². The van der Waals surface area contributed by atoms with E-state index < -0.39 is 0 Å². The molecule has 1 N–H and O–H groups in total. The van der Waals surface area contributed by atoms with Crippen LogP contribution in [0.5, 0.6) is 23.0 Å². The van der Waals surface area contributed by atoms with Crippen LogP contribution >= 0.6 is 0 Å². The summed E-state index contributed by atoms with van der Waals surface area (Å²) in [6, 6.07) is 7.81. The lowest BCUT2D eigenvalue weighted by molar-refractivity contribution is 0.312. The fourth-order valence-corrected chi connectivity index (χ4v) is 3.02. The first-order chi connectivity index (χ1) is 12.6. The molecule has 0 unspecified atom stereocenters. The van der Waals surface area contributed by atoms with Crippen molar-refractivity contribution in [3.8, 4) is 34.1 Å². The Hall–Kier alpha value is -2.62. The van der Waals surface area contributed by atoms with Crippen molar-refractivity contribution >= 4 is 6.08 Å². The van der Waals surface area contributed by atoms with E-state index in [1.54, 1.807) is 14.2 Å². The second-order valence-corrected chi connectivity index (χ2v) is 5.98. The lowest BCUT2D eigenvalue weighted by Crippen LogP contribution is -2.00. The maximum Gasteiger partial charge on any atom is 0.169 e. The van der Waals surface area contributed by atoms with Crippen molar-refractivity contribution in [3.05, 3.63) is 41.5 Å². The zero-order valence-corrected chi connectivity index (χ0v) is 16.3. The van der Waals surface area contributed by atoms with Crippen LogP contribution < -0.4 is 14.2 Å². The van der Waals surface area contributed by atoms with E-state index in [0.717, 1.165) is 29.5 Å². The minimum atomic E-state index is 0.105. The molecule has 0 heterocycles. The Balaban J connectivity index is 2.80. The summed E-state index contributed by atoms with van der Waals surface area (Å²) in [5.74, 6) is 1.82. The van der Waals surface area contributed by atoms with E-state index in [-0.39, 0.29) is 5.75 Å². The van der Waals surface area contributed by atoms with E-state index in [1.165, 1.54) is 0 Å². The van der Waals surface area contributed by atoms with Gasteiger partial charge in [0, 0.05) is 11.1 Å². The largest absolute Gasteiger partial charge is 0.504 e. The van der Waals surface area contributed by atoms with E-state index in [4.69, 9.17) is 14.2 Å².